The summed E-state index contributed by atoms with van der Waals surface area (Å²) in [4.78, 5) is 12.1. The fourth-order valence-electron chi connectivity index (χ4n) is 2.42. The molecule has 2 aromatic rings. The van der Waals surface area contributed by atoms with E-state index in [1.807, 2.05) is 37.3 Å². The number of aryl methyl sites for hydroxylation is 1. The predicted molar refractivity (Wildman–Crippen MR) is 114 cm³/mol. The molecule has 0 fully saturated rings. The lowest BCUT2D eigenvalue weighted by Crippen LogP contribution is -2.44. The molecule has 0 amide bonds. The number of esters is 1. The molecule has 0 aliphatic heterocycles. The lowest BCUT2D eigenvalue weighted by atomic mass is 10.2. The van der Waals surface area contributed by atoms with Gasteiger partial charge >= 0.3 is 5.97 Å². The smallest absolute Gasteiger partial charge is 0.318 e. The highest BCUT2D eigenvalue weighted by Crippen LogP contribution is 2.26. The summed E-state index contributed by atoms with van der Waals surface area (Å²) in [6.45, 7) is 5.65. The first kappa shape index (κ1) is 22.3. The number of benzene rings is 2. The standard InChI is InChI=1S/C20H26N2O4S2/c1-5-26-20(23)17(3)27-15-22(21(4)18-9-7-6-8-10-18)28(24,25)19-13-11-16(2)12-14-19/h6-14,17H,5,15H2,1-4H3. The minimum absolute atomic E-state index is 0.0710. The van der Waals surface area contributed by atoms with E-state index in [-0.39, 0.29) is 16.7 Å². The van der Waals surface area contributed by atoms with Gasteiger partial charge in [-0.25, -0.2) is 8.42 Å². The zero-order valence-corrected chi connectivity index (χ0v) is 18.2. The third-order valence-corrected chi connectivity index (χ3v) is 7.16. The fraction of sp³-hybridized carbons (Fsp3) is 0.350. The molecule has 0 spiro atoms. The molecule has 2 rings (SSSR count). The Labute approximate surface area is 171 Å². The number of carbonyl (C=O) groups is 1. The van der Waals surface area contributed by atoms with Crippen LogP contribution in [0.5, 0.6) is 0 Å². The number of sulfonamides is 1. The van der Waals surface area contributed by atoms with Crippen molar-refractivity contribution in [1.29, 1.82) is 0 Å². The van der Waals surface area contributed by atoms with Crippen molar-refractivity contribution in [3.8, 4) is 0 Å². The topological polar surface area (TPSA) is 66.9 Å². The number of carbonyl (C=O) groups excluding carboxylic acids is 1. The number of thioether (sulfide) groups is 1. The van der Waals surface area contributed by atoms with Crippen molar-refractivity contribution in [2.75, 3.05) is 24.5 Å². The van der Waals surface area contributed by atoms with Gasteiger partial charge in [0.05, 0.1) is 23.1 Å². The molecule has 0 radical (unpaired) electrons. The summed E-state index contributed by atoms with van der Waals surface area (Å²) in [6, 6.07) is 15.9. The summed E-state index contributed by atoms with van der Waals surface area (Å²) in [5, 5.41) is 1.10. The summed E-state index contributed by atoms with van der Waals surface area (Å²) in [7, 11) is -2.12. The van der Waals surface area contributed by atoms with E-state index in [1.165, 1.54) is 16.2 Å². The summed E-state index contributed by atoms with van der Waals surface area (Å²) in [5.74, 6) is -0.288. The summed E-state index contributed by atoms with van der Waals surface area (Å²) in [6.07, 6.45) is 0. The van der Waals surface area contributed by atoms with E-state index in [0.29, 0.717) is 6.61 Å². The molecule has 0 N–H and O–H groups in total. The van der Waals surface area contributed by atoms with E-state index in [2.05, 4.69) is 0 Å². The molecule has 0 aromatic heterocycles. The van der Waals surface area contributed by atoms with Gasteiger partial charge in [0.15, 0.2) is 0 Å². The minimum atomic E-state index is -3.81. The molecule has 1 atom stereocenters. The first-order chi connectivity index (χ1) is 13.3. The van der Waals surface area contributed by atoms with Gasteiger partial charge in [0.2, 0.25) is 0 Å². The molecule has 0 aliphatic carbocycles. The van der Waals surface area contributed by atoms with Gasteiger partial charge in [0.25, 0.3) is 10.0 Å². The van der Waals surface area contributed by atoms with E-state index in [4.69, 9.17) is 4.74 Å². The van der Waals surface area contributed by atoms with Crippen molar-refractivity contribution < 1.29 is 17.9 Å². The highest BCUT2D eigenvalue weighted by Gasteiger charge is 2.30. The van der Waals surface area contributed by atoms with Crippen molar-refractivity contribution in [1.82, 2.24) is 4.41 Å². The highest BCUT2D eigenvalue weighted by atomic mass is 32.2. The van der Waals surface area contributed by atoms with Gasteiger partial charge < -0.3 is 4.74 Å². The Morgan fingerprint density at radius 3 is 2.29 bits per heavy atom. The van der Waals surface area contributed by atoms with Gasteiger partial charge in [-0.1, -0.05) is 40.3 Å². The van der Waals surface area contributed by atoms with Crippen LogP contribution < -0.4 is 5.01 Å². The average molecular weight is 423 g/mol. The molecule has 6 nitrogen and oxygen atoms in total. The first-order valence-corrected chi connectivity index (χ1v) is 11.4. The van der Waals surface area contributed by atoms with Crippen molar-refractivity contribution in [2.45, 2.75) is 30.9 Å². The van der Waals surface area contributed by atoms with Crippen LogP contribution in [-0.4, -0.2) is 43.6 Å². The first-order valence-electron chi connectivity index (χ1n) is 8.93. The van der Waals surface area contributed by atoms with E-state index in [0.717, 1.165) is 11.3 Å². The zero-order chi connectivity index (χ0) is 20.7. The van der Waals surface area contributed by atoms with Crippen LogP contribution in [0, 0.1) is 6.92 Å². The van der Waals surface area contributed by atoms with Crippen molar-refractivity contribution >= 4 is 33.4 Å². The lowest BCUT2D eigenvalue weighted by Gasteiger charge is -2.32. The average Bonchev–Trinajstić information content (AvgIpc) is 2.68. The molecular weight excluding hydrogens is 396 g/mol. The quantitative estimate of drug-likeness (QED) is 0.349. The van der Waals surface area contributed by atoms with E-state index in [1.54, 1.807) is 50.2 Å². The third kappa shape index (κ3) is 5.50. The SMILES string of the molecule is CCOC(=O)C(C)SCN(N(C)c1ccccc1)S(=O)(=O)c1ccc(C)cc1. The lowest BCUT2D eigenvalue weighted by molar-refractivity contribution is -0.142. The van der Waals surface area contributed by atoms with Crippen LogP contribution in [0.25, 0.3) is 0 Å². The molecule has 0 saturated heterocycles. The second-order valence-electron chi connectivity index (χ2n) is 6.19. The maximum absolute atomic E-state index is 13.3. The molecule has 0 heterocycles. The molecular formula is C20H26N2O4S2. The highest BCUT2D eigenvalue weighted by molar-refractivity contribution is 8.01. The largest absolute Gasteiger partial charge is 0.465 e. The Morgan fingerprint density at radius 2 is 1.71 bits per heavy atom. The monoisotopic (exact) mass is 422 g/mol. The molecule has 8 heteroatoms. The Hall–Kier alpha value is -2.03. The molecule has 152 valence electrons. The van der Waals surface area contributed by atoms with Gasteiger partial charge in [0, 0.05) is 7.05 Å². The number of hydrogen-bond donors (Lipinski definition) is 0. The van der Waals surface area contributed by atoms with Crippen LogP contribution in [0.3, 0.4) is 0 Å². The number of ether oxygens (including phenoxy) is 1. The molecule has 2 aromatic carbocycles. The zero-order valence-electron chi connectivity index (χ0n) is 16.5. The van der Waals surface area contributed by atoms with E-state index < -0.39 is 15.3 Å². The second-order valence-corrected chi connectivity index (χ2v) is 9.33. The minimum Gasteiger partial charge on any atom is -0.465 e. The Balaban J connectivity index is 2.32. The maximum Gasteiger partial charge on any atom is 0.318 e. The van der Waals surface area contributed by atoms with Crippen LogP contribution in [0.4, 0.5) is 5.69 Å². The molecule has 28 heavy (non-hydrogen) atoms. The third-order valence-electron chi connectivity index (χ3n) is 4.11. The number of hydrazine groups is 1. The van der Waals surface area contributed by atoms with Gasteiger partial charge in [-0.2, -0.15) is 0 Å². The summed E-state index contributed by atoms with van der Waals surface area (Å²) in [5.41, 5.74) is 1.70. The van der Waals surface area contributed by atoms with Crippen LogP contribution in [-0.2, 0) is 19.6 Å². The molecule has 0 saturated carbocycles. The molecule has 0 aliphatic rings. The van der Waals surface area contributed by atoms with Gasteiger partial charge in [-0.3, -0.25) is 9.80 Å². The number of hydrogen-bond acceptors (Lipinski definition) is 6. The predicted octanol–water partition coefficient (Wildman–Crippen LogP) is 3.68. The summed E-state index contributed by atoms with van der Waals surface area (Å²) < 4.78 is 32.9. The van der Waals surface area contributed by atoms with Crippen LogP contribution in [0.1, 0.15) is 19.4 Å². The summed E-state index contributed by atoms with van der Waals surface area (Å²) >= 11 is 1.21. The van der Waals surface area contributed by atoms with Crippen LogP contribution in [0.15, 0.2) is 59.5 Å². The van der Waals surface area contributed by atoms with Gasteiger partial charge in [-0.15, -0.1) is 11.8 Å². The van der Waals surface area contributed by atoms with Crippen molar-refractivity contribution in [2.24, 2.45) is 0 Å². The number of rotatable bonds is 9. The maximum atomic E-state index is 13.3. The Bertz CT molecular complexity index is 871. The van der Waals surface area contributed by atoms with Crippen LogP contribution in [0.2, 0.25) is 0 Å². The van der Waals surface area contributed by atoms with Gasteiger partial charge in [0.1, 0.15) is 5.25 Å². The Morgan fingerprint density at radius 1 is 1.11 bits per heavy atom. The number of nitrogens with zero attached hydrogens (tertiary/aromatic N) is 2. The van der Waals surface area contributed by atoms with E-state index >= 15 is 0 Å². The van der Waals surface area contributed by atoms with E-state index in [9.17, 15) is 13.2 Å². The van der Waals surface area contributed by atoms with Crippen molar-refractivity contribution in [3.63, 3.8) is 0 Å². The molecule has 1 unspecified atom stereocenters. The second kappa shape index (κ2) is 9.95. The fourth-order valence-corrected chi connectivity index (χ4v) is 5.03. The number of anilines is 1. The normalized spacial score (nSPS) is 12.6. The Kier molecular flexibility index (Phi) is 7.91. The number of para-hydroxylation sites is 1. The molecule has 0 bridgehead atoms. The van der Waals surface area contributed by atoms with Crippen LogP contribution >= 0.6 is 11.8 Å². The van der Waals surface area contributed by atoms with Crippen molar-refractivity contribution in [3.05, 3.63) is 60.2 Å². The van der Waals surface area contributed by atoms with Gasteiger partial charge in [-0.05, 0) is 45.0 Å².